The van der Waals surface area contributed by atoms with E-state index in [1.54, 1.807) is 0 Å². The third kappa shape index (κ3) is 4.98. The van der Waals surface area contributed by atoms with Gasteiger partial charge in [-0.05, 0) is 36.8 Å². The average molecular weight is 442 g/mol. The molecule has 31 heavy (non-hydrogen) atoms. The zero-order valence-corrected chi connectivity index (χ0v) is 18.9. The third-order valence-corrected chi connectivity index (χ3v) is 6.08. The number of nitrogens with one attached hydrogen (secondary N) is 1. The van der Waals surface area contributed by atoms with Crippen LogP contribution in [0.5, 0.6) is 0 Å². The lowest BCUT2D eigenvalue weighted by atomic mass is 9.92. The number of hydrogen-bond donors (Lipinski definition) is 1. The molecular formula is C23H28ClN5O2. The highest BCUT2D eigenvalue weighted by Crippen LogP contribution is 2.32. The summed E-state index contributed by atoms with van der Waals surface area (Å²) in [5.41, 5.74) is 2.17. The first-order valence-electron chi connectivity index (χ1n) is 10.8. The zero-order chi connectivity index (χ0) is 22.0. The molecule has 2 atom stereocenters. The van der Waals surface area contributed by atoms with Crippen molar-refractivity contribution in [3.63, 3.8) is 0 Å². The van der Waals surface area contributed by atoms with Gasteiger partial charge in [-0.3, -0.25) is 4.79 Å². The predicted molar refractivity (Wildman–Crippen MR) is 121 cm³/mol. The lowest BCUT2D eigenvalue weighted by Crippen LogP contribution is -2.39. The lowest BCUT2D eigenvalue weighted by Gasteiger charge is -2.36. The van der Waals surface area contributed by atoms with Crippen molar-refractivity contribution in [1.82, 2.24) is 20.4 Å². The van der Waals surface area contributed by atoms with Gasteiger partial charge >= 0.3 is 0 Å². The maximum Gasteiger partial charge on any atom is 0.263 e. The molecule has 0 unspecified atom stereocenters. The van der Waals surface area contributed by atoms with E-state index >= 15 is 0 Å². The summed E-state index contributed by atoms with van der Waals surface area (Å²) in [4.78, 5) is 24.1. The van der Waals surface area contributed by atoms with Crippen LogP contribution in [-0.4, -0.2) is 34.1 Å². The number of aryl methyl sites for hydroxylation is 2. The molecule has 3 heterocycles. The Morgan fingerprint density at radius 2 is 1.97 bits per heavy atom. The van der Waals surface area contributed by atoms with E-state index < -0.39 is 0 Å². The minimum Gasteiger partial charge on any atom is -0.355 e. The molecule has 1 fully saturated rings. The summed E-state index contributed by atoms with van der Waals surface area (Å²) in [5.74, 6) is 2.58. The molecule has 3 aromatic rings. The van der Waals surface area contributed by atoms with E-state index in [0.717, 1.165) is 35.6 Å². The fourth-order valence-corrected chi connectivity index (χ4v) is 4.54. The SMILES string of the molecule is Cc1noc2nc(CCC(=O)NCc3ccccc3Cl)nc(N3C[C@H](C)C[C@@H](C)C3)c12. The van der Waals surface area contributed by atoms with E-state index in [4.69, 9.17) is 21.1 Å². The Bertz CT molecular complexity index is 1070. The number of carbonyl (C=O) groups is 1. The van der Waals surface area contributed by atoms with E-state index in [9.17, 15) is 4.79 Å². The molecule has 0 spiro atoms. The van der Waals surface area contributed by atoms with Crippen LogP contribution in [-0.2, 0) is 17.8 Å². The van der Waals surface area contributed by atoms with E-state index in [1.807, 2.05) is 31.2 Å². The summed E-state index contributed by atoms with van der Waals surface area (Å²) in [5, 5.41) is 8.53. The summed E-state index contributed by atoms with van der Waals surface area (Å²) >= 11 is 6.16. The van der Waals surface area contributed by atoms with Crippen molar-refractivity contribution in [2.45, 2.75) is 46.6 Å². The minimum absolute atomic E-state index is 0.0702. The van der Waals surface area contributed by atoms with Crippen LogP contribution in [0.25, 0.3) is 11.1 Å². The van der Waals surface area contributed by atoms with Crippen LogP contribution in [0, 0.1) is 18.8 Å². The number of fused-ring (bicyclic) bond motifs is 1. The molecule has 4 rings (SSSR count). The van der Waals surface area contributed by atoms with Crippen molar-refractivity contribution in [3.05, 3.63) is 46.4 Å². The molecule has 0 radical (unpaired) electrons. The van der Waals surface area contributed by atoms with Gasteiger partial charge < -0.3 is 14.7 Å². The molecule has 0 saturated carbocycles. The maximum atomic E-state index is 12.4. The van der Waals surface area contributed by atoms with Crippen molar-refractivity contribution in [2.75, 3.05) is 18.0 Å². The number of carbonyl (C=O) groups excluding carboxylic acids is 1. The monoisotopic (exact) mass is 441 g/mol. The number of rotatable bonds is 6. The Hall–Kier alpha value is -2.67. The van der Waals surface area contributed by atoms with E-state index in [-0.39, 0.29) is 12.3 Å². The van der Waals surface area contributed by atoms with Gasteiger partial charge in [-0.1, -0.05) is 48.8 Å². The van der Waals surface area contributed by atoms with Gasteiger partial charge in [-0.15, -0.1) is 0 Å². The van der Waals surface area contributed by atoms with Crippen LogP contribution in [0.4, 0.5) is 5.82 Å². The van der Waals surface area contributed by atoms with Crippen LogP contribution < -0.4 is 10.2 Å². The number of halogens is 1. The second kappa shape index (κ2) is 9.22. The summed E-state index contributed by atoms with van der Waals surface area (Å²) in [6, 6.07) is 7.49. The Morgan fingerprint density at radius 1 is 1.23 bits per heavy atom. The topological polar surface area (TPSA) is 84.1 Å². The first-order valence-corrected chi connectivity index (χ1v) is 11.2. The van der Waals surface area contributed by atoms with Crippen LogP contribution in [0.1, 0.15) is 43.8 Å². The Balaban J connectivity index is 1.48. The van der Waals surface area contributed by atoms with E-state index in [2.05, 4.69) is 34.2 Å². The van der Waals surface area contributed by atoms with Gasteiger partial charge in [0.1, 0.15) is 17.0 Å². The van der Waals surface area contributed by atoms with Gasteiger partial charge in [0.15, 0.2) is 0 Å². The summed E-state index contributed by atoms with van der Waals surface area (Å²) < 4.78 is 5.46. The van der Waals surface area contributed by atoms with Crippen LogP contribution in [0.15, 0.2) is 28.8 Å². The van der Waals surface area contributed by atoms with Crippen LogP contribution >= 0.6 is 11.6 Å². The zero-order valence-electron chi connectivity index (χ0n) is 18.2. The largest absolute Gasteiger partial charge is 0.355 e. The molecular weight excluding hydrogens is 414 g/mol. The normalized spacial score (nSPS) is 19.0. The number of aromatic nitrogens is 3. The number of amides is 1. The fourth-order valence-electron chi connectivity index (χ4n) is 4.34. The Kier molecular flexibility index (Phi) is 6.41. The van der Waals surface area contributed by atoms with Gasteiger partial charge in [-0.2, -0.15) is 4.98 Å². The van der Waals surface area contributed by atoms with Crippen molar-refractivity contribution in [2.24, 2.45) is 11.8 Å². The van der Waals surface area contributed by atoms with Gasteiger partial charge in [0.05, 0.1) is 5.69 Å². The molecule has 0 bridgehead atoms. The van der Waals surface area contributed by atoms with Gasteiger partial charge in [-0.25, -0.2) is 4.98 Å². The molecule has 1 saturated heterocycles. The fraction of sp³-hybridized carbons (Fsp3) is 0.478. The summed E-state index contributed by atoms with van der Waals surface area (Å²) in [6.45, 7) is 8.74. The first kappa shape index (κ1) is 21.6. The minimum atomic E-state index is -0.0702. The molecule has 1 amide bonds. The highest BCUT2D eigenvalue weighted by molar-refractivity contribution is 6.31. The molecule has 7 nitrogen and oxygen atoms in total. The van der Waals surface area contributed by atoms with Crippen LogP contribution in [0.2, 0.25) is 5.02 Å². The van der Waals surface area contributed by atoms with Gasteiger partial charge in [0.2, 0.25) is 5.91 Å². The standard InChI is InChI=1S/C23H28ClN5O2/c1-14-10-15(2)13-29(12-14)22-21-16(3)28-31-23(21)27-19(26-22)8-9-20(30)25-11-17-6-4-5-7-18(17)24/h4-7,14-15H,8-13H2,1-3H3,(H,25,30)/t14-,15-/m1/s1. The molecule has 164 valence electrons. The number of piperidine rings is 1. The highest BCUT2D eigenvalue weighted by Gasteiger charge is 2.27. The Labute approximate surface area is 187 Å². The number of nitrogens with zero attached hydrogens (tertiary/aromatic N) is 4. The lowest BCUT2D eigenvalue weighted by molar-refractivity contribution is -0.121. The molecule has 1 aromatic carbocycles. The molecule has 2 aromatic heterocycles. The molecule has 1 aliphatic rings. The predicted octanol–water partition coefficient (Wildman–Crippen LogP) is 4.31. The van der Waals surface area contributed by atoms with E-state index in [0.29, 0.717) is 41.4 Å². The van der Waals surface area contributed by atoms with Crippen molar-refractivity contribution >= 4 is 34.4 Å². The maximum absolute atomic E-state index is 12.4. The molecule has 8 heteroatoms. The highest BCUT2D eigenvalue weighted by atomic mass is 35.5. The van der Waals surface area contributed by atoms with Crippen molar-refractivity contribution in [3.8, 4) is 0 Å². The average Bonchev–Trinajstić information content (AvgIpc) is 3.11. The second-order valence-corrected chi connectivity index (χ2v) is 9.04. The molecule has 1 aliphatic heterocycles. The first-order chi connectivity index (χ1) is 14.9. The van der Waals surface area contributed by atoms with Gasteiger partial charge in [0.25, 0.3) is 5.71 Å². The third-order valence-electron chi connectivity index (χ3n) is 5.71. The molecule has 0 aliphatic carbocycles. The van der Waals surface area contributed by atoms with Gasteiger partial charge in [0, 0.05) is 37.5 Å². The smallest absolute Gasteiger partial charge is 0.263 e. The molecule has 1 N–H and O–H groups in total. The van der Waals surface area contributed by atoms with Crippen LogP contribution in [0.3, 0.4) is 0 Å². The Morgan fingerprint density at radius 3 is 2.71 bits per heavy atom. The summed E-state index contributed by atoms with van der Waals surface area (Å²) in [6.07, 6.45) is 1.93. The van der Waals surface area contributed by atoms with E-state index in [1.165, 1.54) is 6.42 Å². The number of hydrogen-bond acceptors (Lipinski definition) is 6. The van der Waals surface area contributed by atoms with Crippen molar-refractivity contribution < 1.29 is 9.32 Å². The quantitative estimate of drug-likeness (QED) is 0.613. The number of benzene rings is 1. The second-order valence-electron chi connectivity index (χ2n) is 8.63. The number of anilines is 1. The summed E-state index contributed by atoms with van der Waals surface area (Å²) in [7, 11) is 0. The van der Waals surface area contributed by atoms with Crippen molar-refractivity contribution in [1.29, 1.82) is 0 Å².